The van der Waals surface area contributed by atoms with E-state index in [1.54, 1.807) is 18.2 Å². The molecule has 1 aliphatic rings. The van der Waals surface area contributed by atoms with Crippen molar-refractivity contribution in [1.82, 2.24) is 10.2 Å². The van der Waals surface area contributed by atoms with E-state index in [0.29, 0.717) is 42.5 Å². The lowest BCUT2D eigenvalue weighted by atomic mass is 10.0. The van der Waals surface area contributed by atoms with Gasteiger partial charge in [0.1, 0.15) is 17.1 Å². The standard InChI is InChI=1S/C19H28N2O4/c1-13(2)12-17(22)21-10-8-14(9-11-21)20-19(23)18-15(24-3)6-5-7-16(18)25-4/h5-7,13-14H,8-12H2,1-4H3,(H,20,23). The van der Waals surface area contributed by atoms with Crippen molar-refractivity contribution in [1.29, 1.82) is 0 Å². The van der Waals surface area contributed by atoms with Crippen LogP contribution in [0.2, 0.25) is 0 Å². The molecule has 0 unspecified atom stereocenters. The van der Waals surface area contributed by atoms with Crippen LogP contribution in [-0.2, 0) is 4.79 Å². The van der Waals surface area contributed by atoms with Gasteiger partial charge in [0.25, 0.3) is 5.91 Å². The molecular formula is C19H28N2O4. The van der Waals surface area contributed by atoms with Crippen LogP contribution >= 0.6 is 0 Å². The van der Waals surface area contributed by atoms with Crippen LogP contribution in [0.15, 0.2) is 18.2 Å². The van der Waals surface area contributed by atoms with Crippen molar-refractivity contribution in [2.24, 2.45) is 5.92 Å². The Hall–Kier alpha value is -2.24. The molecule has 6 nitrogen and oxygen atoms in total. The highest BCUT2D eigenvalue weighted by Crippen LogP contribution is 2.28. The molecule has 1 aliphatic heterocycles. The number of ether oxygens (including phenoxy) is 2. The third-order valence-corrected chi connectivity index (χ3v) is 4.42. The highest BCUT2D eigenvalue weighted by Gasteiger charge is 2.26. The van der Waals surface area contributed by atoms with Crippen LogP contribution in [0.5, 0.6) is 11.5 Å². The summed E-state index contributed by atoms with van der Waals surface area (Å²) in [4.78, 5) is 26.7. The summed E-state index contributed by atoms with van der Waals surface area (Å²) in [6, 6.07) is 5.31. The molecule has 2 amide bonds. The molecule has 138 valence electrons. The van der Waals surface area contributed by atoms with Crippen LogP contribution in [0.1, 0.15) is 43.5 Å². The van der Waals surface area contributed by atoms with E-state index in [1.165, 1.54) is 14.2 Å². The highest BCUT2D eigenvalue weighted by molar-refractivity contribution is 5.99. The van der Waals surface area contributed by atoms with Gasteiger partial charge < -0.3 is 19.7 Å². The van der Waals surface area contributed by atoms with Gasteiger partial charge in [-0.1, -0.05) is 19.9 Å². The number of nitrogens with one attached hydrogen (secondary N) is 1. The third kappa shape index (κ3) is 4.87. The van der Waals surface area contributed by atoms with Gasteiger partial charge in [-0.05, 0) is 30.9 Å². The van der Waals surface area contributed by atoms with E-state index < -0.39 is 0 Å². The third-order valence-electron chi connectivity index (χ3n) is 4.42. The normalized spacial score (nSPS) is 15.2. The Morgan fingerprint density at radius 2 is 1.72 bits per heavy atom. The molecule has 0 saturated carbocycles. The van der Waals surface area contributed by atoms with Crippen LogP contribution in [0.4, 0.5) is 0 Å². The zero-order chi connectivity index (χ0) is 18.4. The summed E-state index contributed by atoms with van der Waals surface area (Å²) in [7, 11) is 3.06. The van der Waals surface area contributed by atoms with Crippen LogP contribution in [-0.4, -0.2) is 50.1 Å². The predicted molar refractivity (Wildman–Crippen MR) is 96.1 cm³/mol. The van der Waals surface area contributed by atoms with E-state index >= 15 is 0 Å². The van der Waals surface area contributed by atoms with Crippen molar-refractivity contribution < 1.29 is 19.1 Å². The van der Waals surface area contributed by atoms with Gasteiger partial charge in [-0.15, -0.1) is 0 Å². The highest BCUT2D eigenvalue weighted by atomic mass is 16.5. The van der Waals surface area contributed by atoms with Gasteiger partial charge >= 0.3 is 0 Å². The first-order valence-corrected chi connectivity index (χ1v) is 8.75. The number of amides is 2. The molecule has 1 N–H and O–H groups in total. The Labute approximate surface area is 149 Å². The lowest BCUT2D eigenvalue weighted by molar-refractivity contribution is -0.133. The largest absolute Gasteiger partial charge is 0.496 e. The first-order chi connectivity index (χ1) is 12.0. The topological polar surface area (TPSA) is 67.9 Å². The molecule has 1 saturated heterocycles. The Bertz CT molecular complexity index is 585. The molecule has 1 heterocycles. The van der Waals surface area contributed by atoms with Crippen molar-refractivity contribution in [3.05, 3.63) is 23.8 Å². The first kappa shape index (κ1) is 19.1. The average Bonchev–Trinajstić information content (AvgIpc) is 2.60. The van der Waals surface area contributed by atoms with Crippen LogP contribution in [0.25, 0.3) is 0 Å². The van der Waals surface area contributed by atoms with Crippen LogP contribution in [0, 0.1) is 5.92 Å². The molecule has 0 bridgehead atoms. The minimum absolute atomic E-state index is 0.0465. The number of rotatable bonds is 6. The number of nitrogens with zero attached hydrogens (tertiary/aromatic N) is 1. The molecule has 2 rings (SSSR count). The second-order valence-electron chi connectivity index (χ2n) is 6.76. The maximum absolute atomic E-state index is 12.7. The molecule has 0 spiro atoms. The molecule has 0 aromatic heterocycles. The molecule has 1 fully saturated rings. The van der Waals surface area contributed by atoms with Crippen molar-refractivity contribution in [2.75, 3.05) is 27.3 Å². The zero-order valence-electron chi connectivity index (χ0n) is 15.5. The number of hydrogen-bond donors (Lipinski definition) is 1. The number of carbonyl (C=O) groups excluding carboxylic acids is 2. The van der Waals surface area contributed by atoms with Gasteiger partial charge in [0.05, 0.1) is 14.2 Å². The second kappa shape index (κ2) is 8.74. The average molecular weight is 348 g/mol. The van der Waals surface area contributed by atoms with E-state index in [9.17, 15) is 9.59 Å². The minimum Gasteiger partial charge on any atom is -0.496 e. The summed E-state index contributed by atoms with van der Waals surface area (Å²) in [5.74, 6) is 1.33. The summed E-state index contributed by atoms with van der Waals surface area (Å²) in [5.41, 5.74) is 0.408. The van der Waals surface area contributed by atoms with Gasteiger partial charge in [-0.25, -0.2) is 0 Å². The van der Waals surface area contributed by atoms with Crippen molar-refractivity contribution in [3.63, 3.8) is 0 Å². The van der Waals surface area contributed by atoms with Crippen molar-refractivity contribution in [3.8, 4) is 11.5 Å². The fourth-order valence-corrected chi connectivity index (χ4v) is 3.08. The lowest BCUT2D eigenvalue weighted by Gasteiger charge is -2.33. The molecule has 0 aliphatic carbocycles. The predicted octanol–water partition coefficient (Wildman–Crippen LogP) is 2.47. The Kier molecular flexibility index (Phi) is 6.67. The molecule has 0 atom stereocenters. The Morgan fingerprint density at radius 3 is 2.20 bits per heavy atom. The summed E-state index contributed by atoms with van der Waals surface area (Å²) in [6.07, 6.45) is 2.09. The van der Waals surface area contributed by atoms with Gasteiger partial charge in [0.15, 0.2) is 0 Å². The van der Waals surface area contributed by atoms with Gasteiger partial charge in [0, 0.05) is 25.6 Å². The summed E-state index contributed by atoms with van der Waals surface area (Å²) < 4.78 is 10.6. The van der Waals surface area contributed by atoms with Crippen molar-refractivity contribution in [2.45, 2.75) is 39.2 Å². The number of likely N-dealkylation sites (tertiary alicyclic amines) is 1. The summed E-state index contributed by atoms with van der Waals surface area (Å²) >= 11 is 0. The molecule has 25 heavy (non-hydrogen) atoms. The zero-order valence-corrected chi connectivity index (χ0v) is 15.5. The fraction of sp³-hybridized carbons (Fsp3) is 0.579. The second-order valence-corrected chi connectivity index (χ2v) is 6.76. The van der Waals surface area contributed by atoms with E-state index in [4.69, 9.17) is 9.47 Å². The van der Waals surface area contributed by atoms with Crippen LogP contribution < -0.4 is 14.8 Å². The molecular weight excluding hydrogens is 320 g/mol. The van der Waals surface area contributed by atoms with Gasteiger partial charge in [-0.3, -0.25) is 9.59 Å². The number of benzene rings is 1. The quantitative estimate of drug-likeness (QED) is 0.857. The smallest absolute Gasteiger partial charge is 0.259 e. The van der Waals surface area contributed by atoms with E-state index in [1.807, 2.05) is 18.7 Å². The molecule has 1 aromatic rings. The fourth-order valence-electron chi connectivity index (χ4n) is 3.08. The number of piperidine rings is 1. The van der Waals surface area contributed by atoms with Crippen LogP contribution in [0.3, 0.4) is 0 Å². The Balaban J connectivity index is 1.96. The van der Waals surface area contributed by atoms with E-state index in [2.05, 4.69) is 5.32 Å². The maximum Gasteiger partial charge on any atom is 0.259 e. The minimum atomic E-state index is -0.207. The molecule has 1 aromatic carbocycles. The van der Waals surface area contributed by atoms with Gasteiger partial charge in [-0.2, -0.15) is 0 Å². The molecule has 0 radical (unpaired) electrons. The Morgan fingerprint density at radius 1 is 1.16 bits per heavy atom. The number of methoxy groups -OCH3 is 2. The number of hydrogen-bond acceptors (Lipinski definition) is 4. The van der Waals surface area contributed by atoms with Crippen molar-refractivity contribution >= 4 is 11.8 Å². The van der Waals surface area contributed by atoms with E-state index in [-0.39, 0.29) is 17.9 Å². The number of carbonyl (C=O) groups is 2. The first-order valence-electron chi connectivity index (χ1n) is 8.75. The monoisotopic (exact) mass is 348 g/mol. The SMILES string of the molecule is COc1cccc(OC)c1C(=O)NC1CCN(C(=O)CC(C)C)CC1. The maximum atomic E-state index is 12.7. The lowest BCUT2D eigenvalue weighted by Crippen LogP contribution is -2.46. The van der Waals surface area contributed by atoms with E-state index in [0.717, 1.165) is 12.8 Å². The summed E-state index contributed by atoms with van der Waals surface area (Å²) in [6.45, 7) is 5.45. The summed E-state index contributed by atoms with van der Waals surface area (Å²) in [5, 5.41) is 3.05. The molecule has 6 heteroatoms. The van der Waals surface area contributed by atoms with Gasteiger partial charge in [0.2, 0.25) is 5.91 Å².